The predicted octanol–water partition coefficient (Wildman–Crippen LogP) is 2.22. The Balaban J connectivity index is 0.00000289. The van der Waals surface area contributed by atoms with E-state index in [1.165, 1.54) is 0 Å². The first kappa shape index (κ1) is 17.3. The second-order valence-electron chi connectivity index (χ2n) is 3.08. The molecular weight excluding hydrogens is 473 g/mol. The summed E-state index contributed by atoms with van der Waals surface area (Å²) in [6, 6.07) is 2.14. The van der Waals surface area contributed by atoms with Gasteiger partial charge in [-0.2, -0.15) is 13.2 Å². The maximum Gasteiger partial charge on any atom is 2.00 e. The van der Waals surface area contributed by atoms with Crippen molar-refractivity contribution in [1.82, 2.24) is 4.98 Å². The van der Waals surface area contributed by atoms with Crippen molar-refractivity contribution < 1.29 is 49.0 Å². The van der Waals surface area contributed by atoms with Gasteiger partial charge in [0.15, 0.2) is 6.10 Å². The van der Waals surface area contributed by atoms with Gasteiger partial charge in [-0.15, -0.1) is 0 Å². The summed E-state index contributed by atoms with van der Waals surface area (Å²) in [5.41, 5.74) is -0.350. The number of ether oxygens (including phenoxy) is 1. The summed E-state index contributed by atoms with van der Waals surface area (Å²) in [5.74, 6) is -0.649. The standard InChI is InChI=1S/C10H8F3N3O.U/c1-15-9(14)7-5-6(3-4-16-7)8(17-2)10(11,12)13;/h1,3-5,8H,2H3;/q-2;+2. The molecule has 0 saturated carbocycles. The van der Waals surface area contributed by atoms with Gasteiger partial charge < -0.3 is 21.9 Å². The molecule has 8 heteroatoms. The van der Waals surface area contributed by atoms with Gasteiger partial charge in [0, 0.05) is 13.3 Å². The SMILES string of the molecule is [CH-]=NC(=[N-])c1cc(C(OC)C(F)(F)F)ccn1.[U+2]. The number of aliphatic imine (C=N–C) groups is 1. The number of nitrogens with zero attached hydrogens (tertiary/aromatic N) is 3. The van der Waals surface area contributed by atoms with Crippen LogP contribution in [0.25, 0.3) is 5.41 Å². The molecule has 0 aliphatic heterocycles. The van der Waals surface area contributed by atoms with E-state index in [0.29, 0.717) is 0 Å². The minimum atomic E-state index is -4.55. The Morgan fingerprint density at radius 3 is 2.61 bits per heavy atom. The molecule has 1 rings (SSSR count). The number of rotatable bonds is 3. The van der Waals surface area contributed by atoms with E-state index < -0.39 is 18.1 Å². The third-order valence-corrected chi connectivity index (χ3v) is 1.97. The fraction of sp³-hybridized carbons (Fsp3) is 0.300. The summed E-state index contributed by atoms with van der Waals surface area (Å²) in [7, 11) is 0.940. The van der Waals surface area contributed by atoms with Crippen LogP contribution in [0.5, 0.6) is 0 Å². The molecule has 0 saturated heterocycles. The maximum absolute atomic E-state index is 12.6. The van der Waals surface area contributed by atoms with Crippen LogP contribution in [0.2, 0.25) is 0 Å². The Bertz CT molecular complexity index is 437. The van der Waals surface area contributed by atoms with Gasteiger partial charge in [0.05, 0.1) is 0 Å². The van der Waals surface area contributed by atoms with Crippen molar-refractivity contribution in [3.8, 4) is 0 Å². The number of hydrogen-bond donors (Lipinski definition) is 0. The molecule has 1 aromatic heterocycles. The molecule has 0 spiro atoms. The number of halogens is 3. The first-order valence-electron chi connectivity index (χ1n) is 4.42. The van der Waals surface area contributed by atoms with Gasteiger partial charge >= 0.3 is 37.3 Å². The summed E-state index contributed by atoms with van der Waals surface area (Å²) in [6.07, 6.45) is -5.54. The third kappa shape index (κ3) is 4.19. The molecular formula is C10H8F3N3OU. The van der Waals surface area contributed by atoms with Crippen LogP contribution in [0, 0.1) is 31.1 Å². The molecule has 4 nitrogen and oxygen atoms in total. The number of methoxy groups -OCH3 is 1. The summed E-state index contributed by atoms with van der Waals surface area (Å²) < 4.78 is 42.0. The molecule has 18 heavy (non-hydrogen) atoms. The Morgan fingerprint density at radius 1 is 1.56 bits per heavy atom. The Morgan fingerprint density at radius 2 is 2.17 bits per heavy atom. The van der Waals surface area contributed by atoms with Gasteiger partial charge in [-0.05, 0) is 23.4 Å². The average molecular weight is 481 g/mol. The van der Waals surface area contributed by atoms with E-state index in [1.807, 2.05) is 0 Å². The molecule has 0 bridgehead atoms. The molecule has 0 fully saturated rings. The zero-order valence-corrected chi connectivity index (χ0v) is 13.4. The molecule has 0 aliphatic carbocycles. The van der Waals surface area contributed by atoms with E-state index in [2.05, 4.69) is 14.7 Å². The average Bonchev–Trinajstić information content (AvgIpc) is 2.27. The normalized spacial score (nSPS) is 12.4. The van der Waals surface area contributed by atoms with Crippen molar-refractivity contribution in [3.05, 3.63) is 35.0 Å². The van der Waals surface area contributed by atoms with Gasteiger partial charge in [0.1, 0.15) is 0 Å². The topological polar surface area (TPSA) is 56.8 Å². The molecule has 0 radical (unpaired) electrons. The van der Waals surface area contributed by atoms with Crippen molar-refractivity contribution in [3.63, 3.8) is 0 Å². The molecule has 1 unspecified atom stereocenters. The second kappa shape index (κ2) is 7.02. The van der Waals surface area contributed by atoms with Crippen LogP contribution in [0.15, 0.2) is 23.3 Å². The van der Waals surface area contributed by atoms with E-state index in [9.17, 15) is 13.2 Å². The first-order chi connectivity index (χ1) is 7.90. The van der Waals surface area contributed by atoms with Crippen molar-refractivity contribution in [2.75, 3.05) is 7.11 Å². The fourth-order valence-electron chi connectivity index (χ4n) is 1.26. The Kier molecular flexibility index (Phi) is 6.75. The molecule has 0 aromatic carbocycles. The van der Waals surface area contributed by atoms with Crippen molar-refractivity contribution in [1.29, 1.82) is 0 Å². The number of alkyl halides is 3. The van der Waals surface area contributed by atoms with E-state index in [4.69, 9.17) is 12.1 Å². The quantitative estimate of drug-likeness (QED) is 0.378. The minimum Gasteiger partial charge on any atom is -0.643 e. The molecule has 0 N–H and O–H groups in total. The van der Waals surface area contributed by atoms with Crippen LogP contribution in [0.3, 0.4) is 0 Å². The number of pyridine rings is 1. The van der Waals surface area contributed by atoms with E-state index in [0.717, 1.165) is 25.4 Å². The van der Waals surface area contributed by atoms with Gasteiger partial charge in [-0.25, -0.2) is 5.84 Å². The molecule has 1 atom stereocenters. The van der Waals surface area contributed by atoms with Crippen LogP contribution in [-0.2, 0) is 4.74 Å². The van der Waals surface area contributed by atoms with Crippen LogP contribution in [0.1, 0.15) is 17.4 Å². The van der Waals surface area contributed by atoms with Crippen molar-refractivity contribution in [2.45, 2.75) is 12.3 Å². The first-order valence-corrected chi connectivity index (χ1v) is 4.42. The summed E-state index contributed by atoms with van der Waals surface area (Å²) in [6.45, 7) is 4.79. The van der Waals surface area contributed by atoms with Crippen molar-refractivity contribution >= 4 is 12.6 Å². The predicted molar refractivity (Wildman–Crippen MR) is 56.0 cm³/mol. The van der Waals surface area contributed by atoms with Crippen LogP contribution < -0.4 is 0 Å². The number of hydrogen-bond acceptors (Lipinski definition) is 2. The largest absolute Gasteiger partial charge is 2.00 e. The van der Waals surface area contributed by atoms with E-state index in [-0.39, 0.29) is 42.4 Å². The number of amidine groups is 1. The van der Waals surface area contributed by atoms with Crippen LogP contribution in [0.4, 0.5) is 13.2 Å². The van der Waals surface area contributed by atoms with E-state index >= 15 is 0 Å². The third-order valence-electron chi connectivity index (χ3n) is 1.97. The molecule has 1 heterocycles. The summed E-state index contributed by atoms with van der Waals surface area (Å²) in [4.78, 5) is 6.56. The van der Waals surface area contributed by atoms with Gasteiger partial charge in [0.25, 0.3) is 0 Å². The van der Waals surface area contributed by atoms with E-state index in [1.54, 1.807) is 0 Å². The van der Waals surface area contributed by atoms with Crippen LogP contribution >= 0.6 is 0 Å². The molecule has 94 valence electrons. The Labute approximate surface area is 126 Å². The summed E-state index contributed by atoms with van der Waals surface area (Å²) in [5, 5.41) is 9.15. The van der Waals surface area contributed by atoms with Gasteiger partial charge in [-0.1, -0.05) is 0 Å². The Hall–Kier alpha value is -0.708. The molecule has 0 aliphatic rings. The molecule has 0 amide bonds. The minimum absolute atomic E-state index is 0. The van der Waals surface area contributed by atoms with Gasteiger partial charge in [0.2, 0.25) is 0 Å². The zero-order valence-electron chi connectivity index (χ0n) is 9.27. The maximum atomic E-state index is 12.6. The fourth-order valence-corrected chi connectivity index (χ4v) is 1.26. The second-order valence-corrected chi connectivity index (χ2v) is 3.08. The molecule has 1 aromatic rings. The smallest absolute Gasteiger partial charge is 0.643 e. The number of aromatic nitrogens is 1. The summed E-state index contributed by atoms with van der Waals surface area (Å²) >= 11 is 0. The van der Waals surface area contributed by atoms with Gasteiger partial charge in [-0.3, -0.25) is 4.98 Å². The van der Waals surface area contributed by atoms with Crippen molar-refractivity contribution in [2.24, 2.45) is 4.99 Å². The van der Waals surface area contributed by atoms with Crippen LogP contribution in [-0.4, -0.2) is 30.8 Å². The monoisotopic (exact) mass is 481 g/mol. The zero-order chi connectivity index (χ0) is 13.1.